The lowest BCUT2D eigenvalue weighted by Crippen LogP contribution is -2.04. The number of rotatable bonds is 4. The molecule has 18 heavy (non-hydrogen) atoms. The zero-order valence-electron chi connectivity index (χ0n) is 11.1. The molecule has 0 aliphatic rings. The van der Waals surface area contributed by atoms with Crippen LogP contribution in [0.2, 0.25) is 0 Å². The molecular weight excluding hydrogens is 226 g/mol. The van der Waals surface area contributed by atoms with Crippen molar-refractivity contribution in [2.24, 2.45) is 7.05 Å². The number of hydrogen-bond donors (Lipinski definition) is 1. The second-order valence-electron chi connectivity index (χ2n) is 4.69. The third-order valence-corrected chi connectivity index (χ3v) is 3.05. The normalized spacial score (nSPS) is 12.7. The molecule has 96 valence electrons. The van der Waals surface area contributed by atoms with Crippen LogP contribution in [0.3, 0.4) is 0 Å². The maximum Gasteiger partial charge on any atom is 0.108 e. The quantitative estimate of drug-likeness (QED) is 0.897. The molecule has 4 nitrogen and oxygen atoms in total. The summed E-state index contributed by atoms with van der Waals surface area (Å²) < 4.78 is 1.98. The van der Waals surface area contributed by atoms with Crippen LogP contribution in [-0.4, -0.2) is 19.6 Å². The van der Waals surface area contributed by atoms with E-state index in [4.69, 9.17) is 0 Å². The molecule has 1 unspecified atom stereocenters. The van der Waals surface area contributed by atoms with E-state index in [0.29, 0.717) is 6.42 Å². The van der Waals surface area contributed by atoms with Gasteiger partial charge in [-0.1, -0.05) is 0 Å². The molecule has 2 aromatic heterocycles. The van der Waals surface area contributed by atoms with Crippen LogP contribution in [0.4, 0.5) is 0 Å². The van der Waals surface area contributed by atoms with E-state index >= 15 is 0 Å². The lowest BCUT2D eigenvalue weighted by Gasteiger charge is -2.12. The van der Waals surface area contributed by atoms with Crippen LogP contribution in [0, 0.1) is 13.8 Å². The van der Waals surface area contributed by atoms with Crippen LogP contribution in [0.5, 0.6) is 0 Å². The molecule has 0 aliphatic carbocycles. The van der Waals surface area contributed by atoms with E-state index in [9.17, 15) is 5.11 Å². The number of aliphatic hydroxyl groups excluding tert-OH is 1. The molecule has 1 N–H and O–H groups in total. The van der Waals surface area contributed by atoms with Crippen LogP contribution < -0.4 is 0 Å². The molecule has 0 saturated carbocycles. The Labute approximate surface area is 107 Å². The van der Waals surface area contributed by atoms with E-state index in [1.807, 2.05) is 43.8 Å². The van der Waals surface area contributed by atoms with Gasteiger partial charge in [0.2, 0.25) is 0 Å². The van der Waals surface area contributed by atoms with Crippen LogP contribution in [-0.2, 0) is 13.5 Å². The maximum absolute atomic E-state index is 10.2. The van der Waals surface area contributed by atoms with Crippen molar-refractivity contribution in [1.29, 1.82) is 0 Å². The number of hydrogen-bond acceptors (Lipinski definition) is 3. The standard InChI is InChI=1S/C14H19N3O/c1-10-8-12(9-11(2)16-10)13(18)4-5-14-15-6-7-17(14)3/h6-9,13,18H,4-5H2,1-3H3. The Balaban J connectivity index is 2.03. The molecule has 0 amide bonds. The van der Waals surface area contributed by atoms with Crippen LogP contribution in [0.1, 0.15) is 35.3 Å². The summed E-state index contributed by atoms with van der Waals surface area (Å²) in [5, 5.41) is 10.2. The smallest absolute Gasteiger partial charge is 0.108 e. The van der Waals surface area contributed by atoms with Gasteiger partial charge in [0, 0.05) is 37.3 Å². The highest BCUT2D eigenvalue weighted by molar-refractivity contribution is 5.22. The maximum atomic E-state index is 10.2. The van der Waals surface area contributed by atoms with Crippen molar-refractivity contribution in [1.82, 2.24) is 14.5 Å². The summed E-state index contributed by atoms with van der Waals surface area (Å²) in [7, 11) is 1.97. The second-order valence-corrected chi connectivity index (χ2v) is 4.69. The van der Waals surface area contributed by atoms with Gasteiger partial charge in [0.25, 0.3) is 0 Å². The van der Waals surface area contributed by atoms with Gasteiger partial charge in [-0.25, -0.2) is 4.98 Å². The summed E-state index contributed by atoms with van der Waals surface area (Å²) in [5.74, 6) is 0.997. The molecule has 4 heteroatoms. The Kier molecular flexibility index (Phi) is 3.77. The van der Waals surface area contributed by atoms with Crippen LogP contribution in [0.15, 0.2) is 24.5 Å². The number of nitrogens with zero attached hydrogens (tertiary/aromatic N) is 3. The first kappa shape index (κ1) is 12.8. The number of pyridine rings is 1. The highest BCUT2D eigenvalue weighted by Crippen LogP contribution is 2.19. The van der Waals surface area contributed by atoms with E-state index in [-0.39, 0.29) is 0 Å². The molecular formula is C14H19N3O. The van der Waals surface area contributed by atoms with E-state index in [0.717, 1.165) is 29.2 Å². The van der Waals surface area contributed by atoms with Gasteiger partial charge in [-0.15, -0.1) is 0 Å². The molecule has 0 saturated heterocycles. The third kappa shape index (κ3) is 2.96. The van der Waals surface area contributed by atoms with Crippen molar-refractivity contribution in [2.45, 2.75) is 32.8 Å². The summed E-state index contributed by atoms with van der Waals surface area (Å²) in [6, 6.07) is 3.88. The fourth-order valence-electron chi connectivity index (χ4n) is 2.13. The molecule has 1 atom stereocenters. The number of aryl methyl sites for hydroxylation is 4. The number of aromatic nitrogens is 3. The van der Waals surface area contributed by atoms with E-state index in [1.54, 1.807) is 6.20 Å². The van der Waals surface area contributed by atoms with Crippen LogP contribution in [0.25, 0.3) is 0 Å². The van der Waals surface area contributed by atoms with Crippen molar-refractivity contribution in [3.8, 4) is 0 Å². The molecule has 0 bridgehead atoms. The predicted molar refractivity (Wildman–Crippen MR) is 70.2 cm³/mol. The lowest BCUT2D eigenvalue weighted by atomic mass is 10.0. The average Bonchev–Trinajstić information content (AvgIpc) is 2.70. The largest absolute Gasteiger partial charge is 0.388 e. The Morgan fingerprint density at radius 1 is 1.28 bits per heavy atom. The predicted octanol–water partition coefficient (Wildman–Crippen LogP) is 2.10. The van der Waals surface area contributed by atoms with Gasteiger partial charge in [-0.3, -0.25) is 4.98 Å². The minimum absolute atomic E-state index is 0.456. The summed E-state index contributed by atoms with van der Waals surface area (Å²) in [4.78, 5) is 8.57. The molecule has 2 aromatic rings. The Morgan fingerprint density at radius 2 is 1.94 bits per heavy atom. The first-order chi connectivity index (χ1) is 8.56. The van der Waals surface area contributed by atoms with Gasteiger partial charge in [0.1, 0.15) is 5.82 Å². The minimum atomic E-state index is -0.456. The molecule has 0 radical (unpaired) electrons. The average molecular weight is 245 g/mol. The number of aliphatic hydroxyl groups is 1. The molecule has 2 rings (SSSR count). The molecule has 0 aromatic carbocycles. The Morgan fingerprint density at radius 3 is 2.50 bits per heavy atom. The van der Waals surface area contributed by atoms with Crippen molar-refractivity contribution >= 4 is 0 Å². The zero-order chi connectivity index (χ0) is 13.1. The van der Waals surface area contributed by atoms with Crippen molar-refractivity contribution in [3.05, 3.63) is 47.3 Å². The first-order valence-corrected chi connectivity index (χ1v) is 6.15. The molecule has 0 fully saturated rings. The Bertz CT molecular complexity index is 513. The second kappa shape index (κ2) is 5.31. The molecule has 2 heterocycles. The summed E-state index contributed by atoms with van der Waals surface area (Å²) in [5.41, 5.74) is 2.83. The van der Waals surface area contributed by atoms with Gasteiger partial charge in [-0.2, -0.15) is 0 Å². The van der Waals surface area contributed by atoms with E-state index in [2.05, 4.69) is 9.97 Å². The van der Waals surface area contributed by atoms with Gasteiger partial charge in [0.05, 0.1) is 6.10 Å². The fourth-order valence-corrected chi connectivity index (χ4v) is 2.13. The fraction of sp³-hybridized carbons (Fsp3) is 0.429. The summed E-state index contributed by atoms with van der Waals surface area (Å²) in [6.07, 6.45) is 4.69. The van der Waals surface area contributed by atoms with Crippen molar-refractivity contribution in [2.75, 3.05) is 0 Å². The topological polar surface area (TPSA) is 50.9 Å². The van der Waals surface area contributed by atoms with Crippen molar-refractivity contribution < 1.29 is 5.11 Å². The third-order valence-electron chi connectivity index (χ3n) is 3.05. The van der Waals surface area contributed by atoms with Gasteiger partial charge in [0.15, 0.2) is 0 Å². The van der Waals surface area contributed by atoms with E-state index in [1.165, 1.54) is 0 Å². The lowest BCUT2D eigenvalue weighted by molar-refractivity contribution is 0.166. The first-order valence-electron chi connectivity index (χ1n) is 6.15. The molecule has 0 aliphatic heterocycles. The monoisotopic (exact) mass is 245 g/mol. The van der Waals surface area contributed by atoms with Gasteiger partial charge in [-0.05, 0) is 38.0 Å². The number of imidazole rings is 1. The minimum Gasteiger partial charge on any atom is -0.388 e. The van der Waals surface area contributed by atoms with Gasteiger partial charge >= 0.3 is 0 Å². The highest BCUT2D eigenvalue weighted by Gasteiger charge is 2.10. The van der Waals surface area contributed by atoms with Crippen LogP contribution >= 0.6 is 0 Å². The molecule has 0 spiro atoms. The van der Waals surface area contributed by atoms with Crippen molar-refractivity contribution in [3.63, 3.8) is 0 Å². The Hall–Kier alpha value is -1.68. The van der Waals surface area contributed by atoms with E-state index < -0.39 is 6.10 Å². The highest BCUT2D eigenvalue weighted by atomic mass is 16.3. The van der Waals surface area contributed by atoms with Gasteiger partial charge < -0.3 is 9.67 Å². The SMILES string of the molecule is Cc1cc(C(O)CCc2nccn2C)cc(C)n1. The zero-order valence-corrected chi connectivity index (χ0v) is 11.1. The summed E-state index contributed by atoms with van der Waals surface area (Å²) in [6.45, 7) is 3.89. The summed E-state index contributed by atoms with van der Waals surface area (Å²) >= 11 is 0.